The van der Waals surface area contributed by atoms with E-state index in [9.17, 15) is 4.79 Å². The number of Topliss-reactive ketones (excluding diaryl/α,β-unsaturated/α-hetero) is 1. The van der Waals surface area contributed by atoms with Gasteiger partial charge in [0.1, 0.15) is 5.78 Å². The number of carbonyl (C=O) groups excluding carboxylic acids is 1. The predicted molar refractivity (Wildman–Crippen MR) is 145 cm³/mol. The first-order valence-corrected chi connectivity index (χ1v) is 13.7. The second kappa shape index (κ2) is 12.3. The zero-order valence-electron chi connectivity index (χ0n) is 21.6. The highest BCUT2D eigenvalue weighted by Crippen LogP contribution is 2.38. The number of aromatic nitrogens is 4. The average molecular weight is 509 g/mol. The molecule has 1 saturated carbocycles. The number of benzene rings is 1. The molecule has 0 bridgehead atoms. The summed E-state index contributed by atoms with van der Waals surface area (Å²) >= 11 is 1.49. The van der Waals surface area contributed by atoms with Gasteiger partial charge in [0.2, 0.25) is 5.75 Å². The standard InChI is InChI=1S/C27H36N6O2S/c1-5-33(6-2)26-24(35-7-3)25(28-23-16-18(4)31-32-23)29-27(30-26)36-21-14-12-19(13-15-21)17-22(34)20-10-8-9-11-20/h12-16,20H,5-11,17H2,1-4H3,(H2,28,29,30,31,32). The highest BCUT2D eigenvalue weighted by atomic mass is 32.2. The molecule has 0 atom stereocenters. The van der Waals surface area contributed by atoms with E-state index in [2.05, 4.69) is 34.3 Å². The molecule has 8 nitrogen and oxygen atoms in total. The van der Waals surface area contributed by atoms with E-state index in [1.54, 1.807) is 0 Å². The first kappa shape index (κ1) is 26.0. The van der Waals surface area contributed by atoms with Crippen molar-refractivity contribution in [1.29, 1.82) is 0 Å². The first-order valence-electron chi connectivity index (χ1n) is 12.9. The van der Waals surface area contributed by atoms with Gasteiger partial charge in [0.15, 0.2) is 22.6 Å². The zero-order chi connectivity index (χ0) is 25.5. The summed E-state index contributed by atoms with van der Waals surface area (Å²) in [6.45, 7) is 10.2. The van der Waals surface area contributed by atoms with Crippen LogP contribution in [-0.4, -0.2) is 45.6 Å². The van der Waals surface area contributed by atoms with Crippen LogP contribution < -0.4 is 15.0 Å². The van der Waals surface area contributed by atoms with Crippen LogP contribution in [0.5, 0.6) is 5.75 Å². The number of anilines is 3. The van der Waals surface area contributed by atoms with Gasteiger partial charge in [0, 0.05) is 42.1 Å². The molecular formula is C27H36N6O2S. The van der Waals surface area contributed by atoms with Crippen molar-refractivity contribution in [3.63, 3.8) is 0 Å². The van der Waals surface area contributed by atoms with E-state index >= 15 is 0 Å². The molecule has 0 radical (unpaired) electrons. The van der Waals surface area contributed by atoms with Gasteiger partial charge in [-0.25, -0.2) is 9.97 Å². The number of carbonyl (C=O) groups is 1. The van der Waals surface area contributed by atoms with Crippen LogP contribution in [0.25, 0.3) is 0 Å². The number of hydrogen-bond acceptors (Lipinski definition) is 8. The Labute approximate surface area is 217 Å². The van der Waals surface area contributed by atoms with Gasteiger partial charge in [-0.1, -0.05) is 25.0 Å². The lowest BCUT2D eigenvalue weighted by Gasteiger charge is -2.24. The average Bonchev–Trinajstić information content (AvgIpc) is 3.55. The number of ether oxygens (including phenoxy) is 1. The summed E-state index contributed by atoms with van der Waals surface area (Å²) in [6.07, 6.45) is 4.97. The normalized spacial score (nSPS) is 13.7. The smallest absolute Gasteiger partial charge is 0.205 e. The number of ketones is 1. The van der Waals surface area contributed by atoms with Gasteiger partial charge in [-0.2, -0.15) is 5.10 Å². The minimum Gasteiger partial charge on any atom is -0.487 e. The fourth-order valence-corrected chi connectivity index (χ4v) is 5.29. The molecule has 3 aromatic rings. The monoisotopic (exact) mass is 508 g/mol. The number of hydrogen-bond donors (Lipinski definition) is 2. The molecular weight excluding hydrogens is 472 g/mol. The summed E-state index contributed by atoms with van der Waals surface area (Å²) in [4.78, 5) is 25.4. The molecule has 0 amide bonds. The maximum Gasteiger partial charge on any atom is 0.205 e. The third kappa shape index (κ3) is 6.37. The Morgan fingerprint density at radius 1 is 1.14 bits per heavy atom. The summed E-state index contributed by atoms with van der Waals surface area (Å²) in [6, 6.07) is 10.1. The molecule has 1 aliphatic rings. The maximum absolute atomic E-state index is 12.6. The van der Waals surface area contributed by atoms with E-state index in [0.717, 1.165) is 47.9 Å². The van der Waals surface area contributed by atoms with Gasteiger partial charge in [0.25, 0.3) is 0 Å². The fraction of sp³-hybridized carbons (Fsp3) is 0.481. The second-order valence-electron chi connectivity index (χ2n) is 9.04. The van der Waals surface area contributed by atoms with Crippen LogP contribution in [0.1, 0.15) is 57.7 Å². The molecule has 0 aliphatic heterocycles. The summed E-state index contributed by atoms with van der Waals surface area (Å²) in [7, 11) is 0. The minimum atomic E-state index is 0.249. The van der Waals surface area contributed by atoms with Crippen LogP contribution in [0.2, 0.25) is 0 Å². The lowest BCUT2D eigenvalue weighted by atomic mass is 9.97. The maximum atomic E-state index is 12.6. The Kier molecular flexibility index (Phi) is 8.85. The quantitative estimate of drug-likeness (QED) is 0.290. The molecule has 36 heavy (non-hydrogen) atoms. The lowest BCUT2D eigenvalue weighted by Crippen LogP contribution is -2.24. The summed E-state index contributed by atoms with van der Waals surface area (Å²) < 4.78 is 6.02. The number of rotatable bonds is 12. The van der Waals surface area contributed by atoms with Gasteiger partial charge < -0.3 is 15.0 Å². The molecule has 1 aliphatic carbocycles. The minimum absolute atomic E-state index is 0.249. The molecule has 1 fully saturated rings. The van der Waals surface area contributed by atoms with E-state index in [4.69, 9.17) is 14.7 Å². The highest BCUT2D eigenvalue weighted by Gasteiger charge is 2.23. The summed E-state index contributed by atoms with van der Waals surface area (Å²) in [5.41, 5.74) is 2.01. The Bertz CT molecular complexity index is 1150. The van der Waals surface area contributed by atoms with Gasteiger partial charge >= 0.3 is 0 Å². The summed E-state index contributed by atoms with van der Waals surface area (Å²) in [5, 5.41) is 11.2. The number of aromatic amines is 1. The van der Waals surface area contributed by atoms with Gasteiger partial charge in [-0.3, -0.25) is 9.89 Å². The van der Waals surface area contributed by atoms with Crippen molar-refractivity contribution >= 4 is 35.0 Å². The van der Waals surface area contributed by atoms with Crippen molar-refractivity contribution in [2.75, 3.05) is 29.9 Å². The van der Waals surface area contributed by atoms with Gasteiger partial charge in [-0.05, 0) is 70.0 Å². The van der Waals surface area contributed by atoms with Gasteiger partial charge in [-0.15, -0.1) is 0 Å². The van der Waals surface area contributed by atoms with Crippen molar-refractivity contribution in [3.05, 3.63) is 41.6 Å². The Morgan fingerprint density at radius 2 is 1.86 bits per heavy atom. The third-order valence-corrected chi connectivity index (χ3v) is 7.33. The SMILES string of the molecule is CCOc1c(Nc2cc(C)[nH]n2)nc(Sc2ccc(CC(=O)C3CCCC3)cc2)nc1N(CC)CC. The number of nitrogens with one attached hydrogen (secondary N) is 2. The molecule has 192 valence electrons. The van der Waals surface area contributed by atoms with Crippen LogP contribution in [0.4, 0.5) is 17.5 Å². The number of nitrogens with zero attached hydrogens (tertiary/aromatic N) is 4. The lowest BCUT2D eigenvalue weighted by molar-refractivity contribution is -0.122. The van der Waals surface area contributed by atoms with Crippen molar-refractivity contribution in [2.24, 2.45) is 5.92 Å². The molecule has 2 aromatic heterocycles. The van der Waals surface area contributed by atoms with Crippen molar-refractivity contribution in [1.82, 2.24) is 20.2 Å². The molecule has 2 N–H and O–H groups in total. The Balaban J connectivity index is 1.59. The highest BCUT2D eigenvalue weighted by molar-refractivity contribution is 7.99. The van der Waals surface area contributed by atoms with E-state index in [0.29, 0.717) is 41.4 Å². The van der Waals surface area contributed by atoms with Crippen molar-refractivity contribution in [3.8, 4) is 5.75 Å². The molecule has 0 spiro atoms. The number of aryl methyl sites for hydroxylation is 1. The third-order valence-electron chi connectivity index (χ3n) is 6.45. The molecule has 1 aromatic carbocycles. The zero-order valence-corrected chi connectivity index (χ0v) is 22.5. The predicted octanol–water partition coefficient (Wildman–Crippen LogP) is 5.95. The second-order valence-corrected chi connectivity index (χ2v) is 10.1. The first-order chi connectivity index (χ1) is 17.5. The van der Waals surface area contributed by atoms with E-state index in [-0.39, 0.29) is 5.92 Å². The van der Waals surface area contributed by atoms with E-state index in [1.807, 2.05) is 44.2 Å². The Hall–Kier alpha value is -3.07. The molecule has 0 saturated heterocycles. The molecule has 0 unspecified atom stereocenters. The number of H-pyrrole nitrogens is 1. The topological polar surface area (TPSA) is 96.0 Å². The van der Waals surface area contributed by atoms with Crippen molar-refractivity contribution < 1.29 is 9.53 Å². The van der Waals surface area contributed by atoms with Crippen LogP contribution >= 0.6 is 11.8 Å². The van der Waals surface area contributed by atoms with E-state index in [1.165, 1.54) is 24.6 Å². The van der Waals surface area contributed by atoms with E-state index < -0.39 is 0 Å². The van der Waals surface area contributed by atoms with Gasteiger partial charge in [0.05, 0.1) is 6.61 Å². The van der Waals surface area contributed by atoms with Crippen LogP contribution in [0.15, 0.2) is 40.4 Å². The van der Waals surface area contributed by atoms with Crippen LogP contribution in [-0.2, 0) is 11.2 Å². The Morgan fingerprint density at radius 3 is 2.47 bits per heavy atom. The summed E-state index contributed by atoms with van der Waals surface area (Å²) in [5.74, 6) is 3.25. The molecule has 2 heterocycles. The largest absolute Gasteiger partial charge is 0.487 e. The molecule has 9 heteroatoms. The molecule has 4 rings (SSSR count). The van der Waals surface area contributed by atoms with Crippen LogP contribution in [0, 0.1) is 12.8 Å². The fourth-order valence-electron chi connectivity index (χ4n) is 4.54. The van der Waals surface area contributed by atoms with Crippen LogP contribution in [0.3, 0.4) is 0 Å². The van der Waals surface area contributed by atoms with Crippen molar-refractivity contribution in [2.45, 2.75) is 69.9 Å².